The third-order valence-corrected chi connectivity index (χ3v) is 2.18. The molecule has 1 amide bonds. The molecule has 0 aromatic carbocycles. The fourth-order valence-corrected chi connectivity index (χ4v) is 1.37. The van der Waals surface area contributed by atoms with Crippen LogP contribution in [0.15, 0.2) is 28.9 Å². The first kappa shape index (κ1) is 12.5. The summed E-state index contributed by atoms with van der Waals surface area (Å²) < 4.78 is 5.08. The average molecular weight is 223 g/mol. The quantitative estimate of drug-likeness (QED) is 0.770. The van der Waals surface area contributed by atoms with Crippen LogP contribution in [-0.2, 0) is 4.79 Å². The second kappa shape index (κ2) is 6.12. The Labute approximate surface area is 95.2 Å². The first-order valence-corrected chi connectivity index (χ1v) is 5.28. The van der Waals surface area contributed by atoms with Crippen molar-refractivity contribution in [3.8, 4) is 0 Å². The third-order valence-electron chi connectivity index (χ3n) is 2.18. The zero-order valence-electron chi connectivity index (χ0n) is 9.59. The molecule has 0 unspecified atom stereocenters. The van der Waals surface area contributed by atoms with Gasteiger partial charge in [-0.3, -0.25) is 4.79 Å². The fraction of sp³-hybridized carbons (Fsp3) is 0.417. The molecule has 1 rings (SSSR count). The second-order valence-electron chi connectivity index (χ2n) is 3.70. The van der Waals surface area contributed by atoms with Gasteiger partial charge in [-0.25, -0.2) is 0 Å². The second-order valence-corrected chi connectivity index (χ2v) is 3.70. The van der Waals surface area contributed by atoms with Crippen molar-refractivity contribution in [1.29, 1.82) is 0 Å². The minimum atomic E-state index is -0.125. The molecule has 4 nitrogen and oxygen atoms in total. The van der Waals surface area contributed by atoms with Crippen LogP contribution in [0.1, 0.15) is 19.6 Å². The van der Waals surface area contributed by atoms with Crippen LogP contribution in [0.2, 0.25) is 0 Å². The highest BCUT2D eigenvalue weighted by molar-refractivity contribution is 5.91. The van der Waals surface area contributed by atoms with E-state index >= 15 is 0 Å². The molecular weight excluding hydrogens is 206 g/mol. The predicted octanol–water partition coefficient (Wildman–Crippen LogP) is 1.52. The number of furan rings is 1. The molecule has 1 aromatic rings. The summed E-state index contributed by atoms with van der Waals surface area (Å²) in [6.45, 7) is 4.14. The van der Waals surface area contributed by atoms with E-state index in [0.717, 1.165) is 0 Å². The smallest absolute Gasteiger partial charge is 0.246 e. The number of hydrogen-bond donors (Lipinski definition) is 1. The first-order valence-electron chi connectivity index (χ1n) is 5.28. The summed E-state index contributed by atoms with van der Waals surface area (Å²) in [5, 5.41) is 8.85. The number of carbonyl (C=O) groups excluding carboxylic acids is 1. The Hall–Kier alpha value is -1.55. The van der Waals surface area contributed by atoms with Gasteiger partial charge in [-0.05, 0) is 32.1 Å². The third kappa shape index (κ3) is 3.55. The molecule has 0 spiro atoms. The van der Waals surface area contributed by atoms with Crippen molar-refractivity contribution < 1.29 is 14.3 Å². The Morgan fingerprint density at radius 2 is 2.38 bits per heavy atom. The van der Waals surface area contributed by atoms with Crippen molar-refractivity contribution in [2.45, 2.75) is 19.9 Å². The van der Waals surface area contributed by atoms with Crippen LogP contribution in [0.3, 0.4) is 0 Å². The summed E-state index contributed by atoms with van der Waals surface area (Å²) in [5.74, 6) is 0.515. The number of nitrogens with zero attached hydrogens (tertiary/aromatic N) is 1. The molecule has 1 heterocycles. The standard InChI is InChI=1S/C12H17NO3/c1-10(2)13(7-8-14)12(15)6-5-11-4-3-9-16-11/h3-6,9-10,14H,7-8H2,1-2H3/b6-5+. The van der Waals surface area contributed by atoms with E-state index in [-0.39, 0.29) is 18.6 Å². The van der Waals surface area contributed by atoms with E-state index in [1.54, 1.807) is 29.4 Å². The molecule has 0 aliphatic rings. The lowest BCUT2D eigenvalue weighted by molar-refractivity contribution is -0.128. The normalized spacial score (nSPS) is 11.2. The van der Waals surface area contributed by atoms with E-state index in [2.05, 4.69) is 0 Å². The van der Waals surface area contributed by atoms with E-state index in [1.165, 1.54) is 6.08 Å². The summed E-state index contributed by atoms with van der Waals surface area (Å²) >= 11 is 0. The molecule has 0 fully saturated rings. The Balaban J connectivity index is 2.62. The van der Waals surface area contributed by atoms with Gasteiger partial charge in [-0.1, -0.05) is 0 Å². The number of aliphatic hydroxyl groups excluding tert-OH is 1. The molecule has 0 saturated carbocycles. The van der Waals surface area contributed by atoms with Crippen molar-refractivity contribution in [3.63, 3.8) is 0 Å². The molecule has 0 aliphatic carbocycles. The summed E-state index contributed by atoms with van der Waals surface area (Å²) in [6.07, 6.45) is 4.63. The van der Waals surface area contributed by atoms with Crippen LogP contribution in [-0.4, -0.2) is 35.1 Å². The van der Waals surface area contributed by atoms with Gasteiger partial charge in [-0.15, -0.1) is 0 Å². The molecule has 4 heteroatoms. The molecule has 0 atom stereocenters. The SMILES string of the molecule is CC(C)N(CCO)C(=O)/C=C/c1ccco1. The number of amides is 1. The molecular formula is C12H17NO3. The van der Waals surface area contributed by atoms with Gasteiger partial charge in [0.15, 0.2) is 0 Å². The zero-order chi connectivity index (χ0) is 12.0. The van der Waals surface area contributed by atoms with E-state index in [1.807, 2.05) is 13.8 Å². The Kier molecular flexibility index (Phi) is 4.79. The number of carbonyl (C=O) groups is 1. The number of rotatable bonds is 5. The number of hydrogen-bond acceptors (Lipinski definition) is 3. The maximum atomic E-state index is 11.8. The van der Waals surface area contributed by atoms with Crippen molar-refractivity contribution >= 4 is 12.0 Å². The van der Waals surface area contributed by atoms with Crippen molar-refractivity contribution in [3.05, 3.63) is 30.2 Å². The van der Waals surface area contributed by atoms with Gasteiger partial charge in [0.25, 0.3) is 0 Å². The van der Waals surface area contributed by atoms with Crippen LogP contribution in [0, 0.1) is 0 Å². The topological polar surface area (TPSA) is 53.7 Å². The Morgan fingerprint density at radius 3 is 2.88 bits per heavy atom. The molecule has 0 aliphatic heterocycles. The van der Waals surface area contributed by atoms with Crippen LogP contribution in [0.4, 0.5) is 0 Å². The van der Waals surface area contributed by atoms with Crippen LogP contribution < -0.4 is 0 Å². The van der Waals surface area contributed by atoms with E-state index in [9.17, 15) is 4.79 Å². The summed E-state index contributed by atoms with van der Waals surface area (Å²) in [5.41, 5.74) is 0. The molecule has 0 saturated heterocycles. The maximum Gasteiger partial charge on any atom is 0.246 e. The lowest BCUT2D eigenvalue weighted by Crippen LogP contribution is -2.37. The molecule has 16 heavy (non-hydrogen) atoms. The zero-order valence-corrected chi connectivity index (χ0v) is 9.59. The first-order chi connectivity index (χ1) is 7.65. The van der Waals surface area contributed by atoms with E-state index < -0.39 is 0 Å². The average Bonchev–Trinajstić information content (AvgIpc) is 2.75. The Bertz CT molecular complexity index is 341. The highest BCUT2D eigenvalue weighted by atomic mass is 16.3. The molecule has 88 valence electrons. The van der Waals surface area contributed by atoms with Crippen LogP contribution >= 0.6 is 0 Å². The van der Waals surface area contributed by atoms with Crippen molar-refractivity contribution in [2.75, 3.05) is 13.2 Å². The number of aliphatic hydroxyl groups is 1. The highest BCUT2D eigenvalue weighted by Gasteiger charge is 2.13. The van der Waals surface area contributed by atoms with Gasteiger partial charge < -0.3 is 14.4 Å². The van der Waals surface area contributed by atoms with Gasteiger partial charge in [0.2, 0.25) is 5.91 Å². The lowest BCUT2D eigenvalue weighted by atomic mass is 10.3. The highest BCUT2D eigenvalue weighted by Crippen LogP contribution is 2.05. The minimum absolute atomic E-state index is 0.0293. The Morgan fingerprint density at radius 1 is 1.62 bits per heavy atom. The summed E-state index contributed by atoms with van der Waals surface area (Å²) in [4.78, 5) is 13.4. The summed E-state index contributed by atoms with van der Waals surface area (Å²) in [6, 6.07) is 3.61. The molecule has 1 N–H and O–H groups in total. The minimum Gasteiger partial charge on any atom is -0.465 e. The lowest BCUT2D eigenvalue weighted by Gasteiger charge is -2.24. The molecule has 1 aromatic heterocycles. The fourth-order valence-electron chi connectivity index (χ4n) is 1.37. The van der Waals surface area contributed by atoms with Crippen molar-refractivity contribution in [1.82, 2.24) is 4.90 Å². The van der Waals surface area contributed by atoms with E-state index in [0.29, 0.717) is 12.3 Å². The van der Waals surface area contributed by atoms with Gasteiger partial charge in [0.1, 0.15) is 5.76 Å². The monoisotopic (exact) mass is 223 g/mol. The van der Waals surface area contributed by atoms with E-state index in [4.69, 9.17) is 9.52 Å². The van der Waals surface area contributed by atoms with Crippen molar-refractivity contribution in [2.24, 2.45) is 0 Å². The van der Waals surface area contributed by atoms with Crippen LogP contribution in [0.25, 0.3) is 6.08 Å². The largest absolute Gasteiger partial charge is 0.465 e. The van der Waals surface area contributed by atoms with Gasteiger partial charge in [0, 0.05) is 18.7 Å². The van der Waals surface area contributed by atoms with Gasteiger partial charge in [-0.2, -0.15) is 0 Å². The van der Waals surface area contributed by atoms with Gasteiger partial charge in [0.05, 0.1) is 12.9 Å². The predicted molar refractivity (Wildman–Crippen MR) is 61.7 cm³/mol. The maximum absolute atomic E-state index is 11.8. The van der Waals surface area contributed by atoms with Crippen LogP contribution in [0.5, 0.6) is 0 Å². The summed E-state index contributed by atoms with van der Waals surface area (Å²) in [7, 11) is 0. The molecule has 0 radical (unpaired) electrons. The molecule has 0 bridgehead atoms. The van der Waals surface area contributed by atoms with Gasteiger partial charge >= 0.3 is 0 Å².